The van der Waals surface area contributed by atoms with Crippen molar-refractivity contribution in [3.63, 3.8) is 0 Å². The van der Waals surface area contributed by atoms with Crippen molar-refractivity contribution in [1.82, 2.24) is 14.8 Å². The lowest BCUT2D eigenvalue weighted by Gasteiger charge is -2.39. The molecular weight excluding hydrogens is 525 g/mol. The van der Waals surface area contributed by atoms with Gasteiger partial charge in [0.05, 0.1) is 13.2 Å². The maximum atomic E-state index is 13.3. The van der Waals surface area contributed by atoms with Gasteiger partial charge in [-0.2, -0.15) is 0 Å². The number of halogens is 1. The summed E-state index contributed by atoms with van der Waals surface area (Å²) in [6.07, 6.45) is 4.85. The summed E-state index contributed by atoms with van der Waals surface area (Å²) in [7, 11) is 3.41. The number of nitrogens with zero attached hydrogens (tertiary/aromatic N) is 3. The number of hydrogen-bond donors (Lipinski definition) is 1. The first-order valence-electron chi connectivity index (χ1n) is 13.4. The van der Waals surface area contributed by atoms with E-state index in [4.69, 9.17) is 13.9 Å². The van der Waals surface area contributed by atoms with Gasteiger partial charge in [-0.15, -0.1) is 0 Å². The van der Waals surface area contributed by atoms with Gasteiger partial charge in [0.25, 0.3) is 0 Å². The van der Waals surface area contributed by atoms with Gasteiger partial charge in [0.15, 0.2) is 0 Å². The summed E-state index contributed by atoms with van der Waals surface area (Å²) >= 11 is 0. The number of likely N-dealkylation sites (N-methyl/N-ethyl adjacent to an activating group) is 1. The number of esters is 1. The minimum atomic E-state index is -0.546. The maximum Gasteiger partial charge on any atom is 0.341 e. The highest BCUT2D eigenvalue weighted by Crippen LogP contribution is 2.47. The number of piperazine rings is 1. The fraction of sp³-hybridized carbons (Fsp3) is 0.250. The summed E-state index contributed by atoms with van der Waals surface area (Å²) in [5.74, 6) is -0.293. The minimum Gasteiger partial charge on any atom is -0.507 e. The Balaban J connectivity index is 1.54. The predicted molar refractivity (Wildman–Crippen MR) is 153 cm³/mol. The molecule has 0 bridgehead atoms. The van der Waals surface area contributed by atoms with Gasteiger partial charge in [-0.3, -0.25) is 9.88 Å². The van der Waals surface area contributed by atoms with Crippen molar-refractivity contribution in [3.8, 4) is 11.5 Å². The zero-order valence-corrected chi connectivity index (χ0v) is 22.8. The van der Waals surface area contributed by atoms with Crippen LogP contribution in [0.15, 0.2) is 77.7 Å². The summed E-state index contributed by atoms with van der Waals surface area (Å²) in [5.41, 5.74) is 3.04. The summed E-state index contributed by atoms with van der Waals surface area (Å²) in [5, 5.41) is 13.7. The second-order valence-corrected chi connectivity index (χ2v) is 10.3. The quantitative estimate of drug-likeness (QED) is 0.263. The number of carbonyl (C=O) groups excluding carboxylic acids is 1. The minimum absolute atomic E-state index is 0.0343. The Bertz CT molecular complexity index is 1700. The summed E-state index contributed by atoms with van der Waals surface area (Å²) in [6, 6.07) is 15.0. The highest BCUT2D eigenvalue weighted by molar-refractivity contribution is 6.16. The standard InChI is InChI=1S/C32H30FN3O5/c1-35-13-15-36(16-14-35)29(21-9-11-34-12-10-21)28-27-26(32(38)39-2)19-41-31(27)24-8-7-23(17-25(24)30(28)37)40-18-20-3-5-22(33)6-4-20/h3-12,17,19,29,37H,13-16,18H2,1-2H3. The van der Waals surface area contributed by atoms with Crippen molar-refractivity contribution < 1.29 is 28.2 Å². The number of benzene rings is 3. The van der Waals surface area contributed by atoms with Gasteiger partial charge in [-0.1, -0.05) is 12.1 Å². The molecule has 0 amide bonds. The number of hydrogen-bond acceptors (Lipinski definition) is 8. The van der Waals surface area contributed by atoms with Crippen LogP contribution in [0.2, 0.25) is 0 Å². The van der Waals surface area contributed by atoms with Crippen molar-refractivity contribution in [2.45, 2.75) is 12.6 Å². The number of phenols is 1. The molecule has 1 aliphatic rings. The molecule has 1 fully saturated rings. The number of fused-ring (bicyclic) bond motifs is 3. The van der Waals surface area contributed by atoms with Crippen molar-refractivity contribution in [2.24, 2.45) is 0 Å². The molecule has 5 aromatic rings. The molecule has 2 aromatic heterocycles. The predicted octanol–water partition coefficient (Wildman–Crippen LogP) is 5.53. The molecule has 1 aliphatic heterocycles. The molecule has 9 heteroatoms. The van der Waals surface area contributed by atoms with Crippen LogP contribution in [0.1, 0.15) is 33.1 Å². The van der Waals surface area contributed by atoms with E-state index < -0.39 is 5.97 Å². The summed E-state index contributed by atoms with van der Waals surface area (Å²) in [6.45, 7) is 3.46. The zero-order chi connectivity index (χ0) is 28.5. The monoisotopic (exact) mass is 555 g/mol. The van der Waals surface area contributed by atoms with E-state index in [1.807, 2.05) is 18.2 Å². The first-order valence-corrected chi connectivity index (χ1v) is 13.4. The third-order valence-corrected chi connectivity index (χ3v) is 7.73. The smallest absolute Gasteiger partial charge is 0.341 e. The van der Waals surface area contributed by atoms with Gasteiger partial charge in [0.2, 0.25) is 0 Å². The number of methoxy groups -OCH3 is 1. The molecule has 6 rings (SSSR count). The van der Waals surface area contributed by atoms with E-state index in [0.29, 0.717) is 33.1 Å². The topological polar surface area (TPSA) is 88.3 Å². The average Bonchev–Trinajstić information content (AvgIpc) is 3.44. The number of furan rings is 1. The number of phenolic OH excluding ortho intramolecular Hbond substituents is 1. The molecule has 1 atom stereocenters. The summed E-state index contributed by atoms with van der Waals surface area (Å²) in [4.78, 5) is 21.7. The molecule has 0 spiro atoms. The van der Waals surface area contributed by atoms with E-state index in [1.54, 1.807) is 36.7 Å². The van der Waals surface area contributed by atoms with Crippen LogP contribution in [-0.4, -0.2) is 66.2 Å². The molecule has 8 nitrogen and oxygen atoms in total. The number of pyridine rings is 1. The van der Waals surface area contributed by atoms with Crippen LogP contribution in [0.25, 0.3) is 21.7 Å². The number of ether oxygens (including phenoxy) is 2. The van der Waals surface area contributed by atoms with Gasteiger partial charge in [-0.25, -0.2) is 9.18 Å². The van der Waals surface area contributed by atoms with Gasteiger partial charge in [0, 0.05) is 60.3 Å². The Hall–Kier alpha value is -4.47. The first-order chi connectivity index (χ1) is 19.9. The molecule has 0 saturated carbocycles. The number of aromatic nitrogens is 1. The number of aromatic hydroxyl groups is 1. The SMILES string of the molecule is COC(=O)c1coc2c1c(C(c1ccncc1)N1CCN(C)CC1)c(O)c1cc(OCc3ccc(F)cc3)ccc12. The van der Waals surface area contributed by atoms with E-state index in [9.17, 15) is 14.3 Å². The van der Waals surface area contributed by atoms with E-state index >= 15 is 0 Å². The van der Waals surface area contributed by atoms with Gasteiger partial charge >= 0.3 is 5.97 Å². The second-order valence-electron chi connectivity index (χ2n) is 10.3. The van der Waals surface area contributed by atoms with Crippen molar-refractivity contribution in [2.75, 3.05) is 40.3 Å². The van der Waals surface area contributed by atoms with Gasteiger partial charge in [0.1, 0.15) is 41.3 Å². The van der Waals surface area contributed by atoms with Crippen molar-refractivity contribution in [3.05, 3.63) is 101 Å². The fourth-order valence-electron chi connectivity index (χ4n) is 5.55. The highest BCUT2D eigenvalue weighted by atomic mass is 19.1. The van der Waals surface area contributed by atoms with Crippen LogP contribution in [0.5, 0.6) is 11.5 Å². The molecule has 210 valence electrons. The van der Waals surface area contributed by atoms with Gasteiger partial charge < -0.3 is 23.9 Å². The van der Waals surface area contributed by atoms with Crippen LogP contribution in [0, 0.1) is 5.82 Å². The lowest BCUT2D eigenvalue weighted by molar-refractivity contribution is 0.0601. The largest absolute Gasteiger partial charge is 0.507 e. The lowest BCUT2D eigenvalue weighted by atomic mass is 9.89. The van der Waals surface area contributed by atoms with E-state index in [0.717, 1.165) is 37.3 Å². The Kier molecular flexibility index (Phi) is 7.30. The molecule has 3 heterocycles. The zero-order valence-electron chi connectivity index (χ0n) is 22.8. The van der Waals surface area contributed by atoms with Crippen LogP contribution in [0.4, 0.5) is 4.39 Å². The van der Waals surface area contributed by atoms with E-state index in [1.165, 1.54) is 25.5 Å². The lowest BCUT2D eigenvalue weighted by Crippen LogP contribution is -2.46. The second kappa shape index (κ2) is 11.2. The Morgan fingerprint density at radius 3 is 2.49 bits per heavy atom. The Labute approximate surface area is 236 Å². The maximum absolute atomic E-state index is 13.3. The van der Waals surface area contributed by atoms with Crippen LogP contribution in [0.3, 0.4) is 0 Å². The van der Waals surface area contributed by atoms with Crippen LogP contribution >= 0.6 is 0 Å². The van der Waals surface area contributed by atoms with Crippen molar-refractivity contribution >= 4 is 27.7 Å². The third kappa shape index (κ3) is 5.10. The molecule has 0 aliphatic carbocycles. The van der Waals surface area contributed by atoms with E-state index in [2.05, 4.69) is 21.8 Å². The molecule has 1 unspecified atom stereocenters. The molecular formula is C32H30FN3O5. The Morgan fingerprint density at radius 2 is 1.78 bits per heavy atom. The van der Waals surface area contributed by atoms with Crippen molar-refractivity contribution in [1.29, 1.82) is 0 Å². The highest BCUT2D eigenvalue weighted by Gasteiger charge is 2.33. The Morgan fingerprint density at radius 1 is 1.05 bits per heavy atom. The number of carbonyl (C=O) groups is 1. The first kappa shape index (κ1) is 26.7. The van der Waals surface area contributed by atoms with Crippen LogP contribution < -0.4 is 4.74 Å². The molecule has 1 N–H and O–H groups in total. The number of rotatable bonds is 7. The fourth-order valence-corrected chi connectivity index (χ4v) is 5.55. The molecule has 1 saturated heterocycles. The van der Waals surface area contributed by atoms with Crippen LogP contribution in [-0.2, 0) is 11.3 Å². The normalized spacial score (nSPS) is 15.3. The van der Waals surface area contributed by atoms with E-state index in [-0.39, 0.29) is 29.8 Å². The third-order valence-electron chi connectivity index (χ3n) is 7.73. The summed E-state index contributed by atoms with van der Waals surface area (Å²) < 4.78 is 30.5. The molecule has 0 radical (unpaired) electrons. The molecule has 41 heavy (non-hydrogen) atoms. The van der Waals surface area contributed by atoms with Gasteiger partial charge in [-0.05, 0) is 60.6 Å². The average molecular weight is 556 g/mol. The molecule has 3 aromatic carbocycles.